The number of hydrogen-bond donors (Lipinski definition) is 5. The molecule has 0 radical (unpaired) electrons. The Morgan fingerprint density at radius 1 is 0.980 bits per heavy atom. The Labute approximate surface area is 290 Å². The monoisotopic (exact) mass is 684 g/mol. The van der Waals surface area contributed by atoms with Crippen molar-refractivity contribution in [3.8, 4) is 28.4 Å². The molecule has 1 aromatic heterocycles. The van der Waals surface area contributed by atoms with E-state index in [1.54, 1.807) is 25.4 Å². The number of H-pyrrole nitrogens is 1. The number of aromatic nitrogens is 1. The lowest BCUT2D eigenvalue weighted by atomic mass is 9.95. The van der Waals surface area contributed by atoms with E-state index in [0.29, 0.717) is 53.2 Å². The van der Waals surface area contributed by atoms with Crippen molar-refractivity contribution >= 4 is 34.4 Å². The van der Waals surface area contributed by atoms with Crippen molar-refractivity contribution in [2.45, 2.75) is 64.6 Å². The number of aromatic amines is 1. The van der Waals surface area contributed by atoms with E-state index in [-0.39, 0.29) is 23.9 Å². The minimum Gasteiger partial charge on any atom is -0.493 e. The lowest BCUT2D eigenvalue weighted by Crippen LogP contribution is -2.49. The molecule has 0 spiro atoms. The third-order valence-electron chi connectivity index (χ3n) is 8.98. The molecule has 0 bridgehead atoms. The summed E-state index contributed by atoms with van der Waals surface area (Å²) >= 11 is 0. The van der Waals surface area contributed by atoms with Crippen LogP contribution in [0.25, 0.3) is 22.0 Å². The zero-order valence-corrected chi connectivity index (χ0v) is 29.1. The summed E-state index contributed by atoms with van der Waals surface area (Å²) in [6, 6.07) is 11.7. The molecule has 50 heavy (non-hydrogen) atoms. The molecule has 2 amide bonds. The number of anilines is 1. The summed E-state index contributed by atoms with van der Waals surface area (Å²) in [5, 5.41) is 19.8. The third-order valence-corrected chi connectivity index (χ3v) is 8.98. The van der Waals surface area contributed by atoms with Gasteiger partial charge in [0.25, 0.3) is 0 Å². The van der Waals surface area contributed by atoms with Crippen LogP contribution in [0.1, 0.15) is 56.3 Å². The van der Waals surface area contributed by atoms with E-state index in [1.807, 2.05) is 44.2 Å². The second-order valence-corrected chi connectivity index (χ2v) is 12.9. The average Bonchev–Trinajstić information content (AvgIpc) is 3.34. The van der Waals surface area contributed by atoms with E-state index < -0.39 is 35.4 Å². The first-order valence-corrected chi connectivity index (χ1v) is 16.6. The van der Waals surface area contributed by atoms with Crippen LogP contribution in [-0.2, 0) is 27.2 Å². The van der Waals surface area contributed by atoms with Gasteiger partial charge in [0.15, 0.2) is 11.5 Å². The van der Waals surface area contributed by atoms with Crippen molar-refractivity contribution < 1.29 is 33.7 Å². The Hall–Kier alpha value is -5.52. The van der Waals surface area contributed by atoms with E-state index in [2.05, 4.69) is 20.9 Å². The minimum absolute atomic E-state index is 0.0298. The number of carbonyl (C=O) groups excluding carboxylic acids is 2. The number of carboxylic acids is 1. The van der Waals surface area contributed by atoms with Gasteiger partial charge in [0.2, 0.25) is 23.0 Å². The van der Waals surface area contributed by atoms with Crippen LogP contribution in [0.2, 0.25) is 0 Å². The van der Waals surface area contributed by atoms with Gasteiger partial charge in [-0.3, -0.25) is 14.4 Å². The summed E-state index contributed by atoms with van der Waals surface area (Å²) in [7, 11) is 4.59. The number of ether oxygens (including phenoxy) is 3. The van der Waals surface area contributed by atoms with E-state index >= 15 is 0 Å². The molecule has 3 atom stereocenters. The fraction of sp³-hybridized carbons (Fsp3) is 0.368. The second-order valence-electron chi connectivity index (χ2n) is 12.9. The molecule has 5 rings (SSSR count). The Morgan fingerprint density at radius 3 is 2.38 bits per heavy atom. The topological polar surface area (TPSA) is 168 Å². The quantitative estimate of drug-likeness (QED) is 0.130. The Bertz CT molecular complexity index is 1970. The number of rotatable bonds is 13. The molecule has 12 heteroatoms. The highest BCUT2D eigenvalue weighted by atomic mass is 16.5. The molecule has 4 aromatic rings. The number of carboxylic acid groups (broad SMARTS) is 1. The Balaban J connectivity index is 1.54. The molecule has 3 aromatic carbocycles. The number of hydrogen-bond acceptors (Lipinski definition) is 8. The van der Waals surface area contributed by atoms with Gasteiger partial charge in [0, 0.05) is 36.0 Å². The summed E-state index contributed by atoms with van der Waals surface area (Å²) in [4.78, 5) is 55.6. The van der Waals surface area contributed by atoms with Crippen LogP contribution in [0, 0.1) is 5.92 Å². The Morgan fingerprint density at radius 2 is 1.72 bits per heavy atom. The smallest absolute Gasteiger partial charge is 0.326 e. The first-order valence-electron chi connectivity index (χ1n) is 16.6. The second kappa shape index (κ2) is 15.4. The molecule has 0 aliphatic heterocycles. The molecule has 5 N–H and O–H groups in total. The molecule has 1 aliphatic carbocycles. The van der Waals surface area contributed by atoms with E-state index in [0.717, 1.165) is 22.0 Å². The molecule has 1 heterocycles. The molecule has 12 nitrogen and oxygen atoms in total. The molecule has 3 unspecified atom stereocenters. The van der Waals surface area contributed by atoms with Crippen LogP contribution in [0.4, 0.5) is 5.69 Å². The molecular weight excluding hydrogens is 640 g/mol. The average molecular weight is 685 g/mol. The Kier molecular flexibility index (Phi) is 11.0. The van der Waals surface area contributed by atoms with Gasteiger partial charge in [-0.2, -0.15) is 0 Å². The van der Waals surface area contributed by atoms with Crippen LogP contribution in [-0.4, -0.2) is 61.3 Å². The predicted octanol–water partition coefficient (Wildman–Crippen LogP) is 4.98. The number of aliphatic carboxylic acids is 1. The maximum Gasteiger partial charge on any atom is 0.326 e. The molecule has 0 saturated heterocycles. The fourth-order valence-electron chi connectivity index (χ4n) is 6.71. The van der Waals surface area contributed by atoms with Gasteiger partial charge >= 0.3 is 5.97 Å². The van der Waals surface area contributed by atoms with Crippen LogP contribution in [0.3, 0.4) is 0 Å². The lowest BCUT2D eigenvalue weighted by Gasteiger charge is -2.23. The van der Waals surface area contributed by atoms with Crippen molar-refractivity contribution in [3.05, 3.63) is 81.6 Å². The number of amides is 2. The van der Waals surface area contributed by atoms with Gasteiger partial charge in [-0.25, -0.2) is 4.79 Å². The third kappa shape index (κ3) is 7.54. The van der Waals surface area contributed by atoms with Gasteiger partial charge in [-0.15, -0.1) is 0 Å². The standard InChI is InChI=1S/C38H44N4O8/c1-20(2)15-30(37(45)42-31(38(46)47)16-23-19-39-27-10-8-7-9-24(23)27)41-29-14-12-25-26(18-32(29)44)28(40-21(3)43)13-11-22-17-33(48-4)35(49-5)36(50-6)34(22)25/h7-10,12,14,17-20,28,30-31,39H,11,13,15-16H2,1-6H3,(H,40,43)(H,41,44)(H,42,45)(H,46,47). The first kappa shape index (κ1) is 35.8. The summed E-state index contributed by atoms with van der Waals surface area (Å²) in [6.07, 6.45) is 3.19. The van der Waals surface area contributed by atoms with Gasteiger partial charge in [-0.05, 0) is 71.7 Å². The lowest BCUT2D eigenvalue weighted by molar-refractivity contribution is -0.141. The SMILES string of the molecule is COc1cc2c(c(OC)c1OC)-c1ccc(NC(CC(C)C)C(=O)NC(Cc3c[nH]c4ccccc34)C(=O)O)c(=O)cc1C(NC(C)=O)CC2. The maximum absolute atomic E-state index is 14.0. The highest BCUT2D eigenvalue weighted by molar-refractivity contribution is 5.90. The maximum atomic E-state index is 14.0. The molecular formula is C38H44N4O8. The fourth-order valence-corrected chi connectivity index (χ4v) is 6.71. The molecule has 1 aliphatic rings. The number of aryl methyl sites for hydroxylation is 1. The van der Waals surface area contributed by atoms with Crippen molar-refractivity contribution in [1.29, 1.82) is 0 Å². The minimum atomic E-state index is -1.21. The van der Waals surface area contributed by atoms with Gasteiger partial charge < -0.3 is 40.3 Å². The van der Waals surface area contributed by atoms with Crippen molar-refractivity contribution in [3.63, 3.8) is 0 Å². The van der Waals surface area contributed by atoms with E-state index in [9.17, 15) is 24.3 Å². The molecule has 0 saturated carbocycles. The van der Waals surface area contributed by atoms with Gasteiger partial charge in [0.1, 0.15) is 12.1 Å². The highest BCUT2D eigenvalue weighted by Gasteiger charge is 2.31. The predicted molar refractivity (Wildman–Crippen MR) is 191 cm³/mol. The highest BCUT2D eigenvalue weighted by Crippen LogP contribution is 2.50. The van der Waals surface area contributed by atoms with E-state index in [4.69, 9.17) is 14.2 Å². The summed E-state index contributed by atoms with van der Waals surface area (Å²) in [5.41, 5.74) is 4.18. The normalized spacial score (nSPS) is 14.8. The summed E-state index contributed by atoms with van der Waals surface area (Å²) in [5.74, 6) is -0.635. The van der Waals surface area contributed by atoms with Crippen LogP contribution in [0.5, 0.6) is 17.2 Å². The van der Waals surface area contributed by atoms with E-state index in [1.165, 1.54) is 27.2 Å². The number of nitrogens with one attached hydrogen (secondary N) is 4. The zero-order valence-electron chi connectivity index (χ0n) is 29.1. The molecule has 0 fully saturated rings. The number of benzene rings is 2. The number of para-hydroxylation sites is 1. The van der Waals surface area contributed by atoms with Crippen molar-refractivity contribution in [1.82, 2.24) is 15.6 Å². The van der Waals surface area contributed by atoms with Gasteiger partial charge in [-0.1, -0.05) is 38.1 Å². The van der Waals surface area contributed by atoms with Crippen molar-refractivity contribution in [2.24, 2.45) is 5.92 Å². The zero-order chi connectivity index (χ0) is 36.1. The number of fused-ring (bicyclic) bond motifs is 4. The van der Waals surface area contributed by atoms with Crippen LogP contribution >= 0.6 is 0 Å². The summed E-state index contributed by atoms with van der Waals surface area (Å²) in [6.45, 7) is 5.31. The van der Waals surface area contributed by atoms with Crippen LogP contribution in [0.15, 0.2) is 59.5 Å². The first-order chi connectivity index (χ1) is 23.9. The van der Waals surface area contributed by atoms with Crippen LogP contribution < -0.4 is 35.6 Å². The molecule has 264 valence electrons. The van der Waals surface area contributed by atoms with Gasteiger partial charge in [0.05, 0.1) is 33.1 Å². The largest absolute Gasteiger partial charge is 0.493 e. The number of carbonyl (C=O) groups is 3. The number of methoxy groups -OCH3 is 3. The van der Waals surface area contributed by atoms with Crippen molar-refractivity contribution in [2.75, 3.05) is 26.6 Å². The summed E-state index contributed by atoms with van der Waals surface area (Å²) < 4.78 is 17.1.